The molecule has 4 rings (SSSR count). The Bertz CT molecular complexity index is 747. The lowest BCUT2D eigenvalue weighted by atomic mass is 10.1. The van der Waals surface area contributed by atoms with Crippen LogP contribution in [-0.2, 0) is 6.42 Å². The smallest absolute Gasteiger partial charge is 0.261 e. The fraction of sp³-hybridized carbons (Fsp3) is 0.400. The van der Waals surface area contributed by atoms with Gasteiger partial charge in [0.15, 0.2) is 0 Å². The molecule has 1 saturated heterocycles. The first-order chi connectivity index (χ1) is 12.7. The van der Waals surface area contributed by atoms with Crippen molar-refractivity contribution in [1.82, 2.24) is 14.7 Å². The number of hydrogen-bond donors (Lipinski definition) is 0. The third-order valence-electron chi connectivity index (χ3n) is 5.24. The van der Waals surface area contributed by atoms with Crippen molar-refractivity contribution in [1.29, 1.82) is 0 Å². The maximum atomic E-state index is 12.4. The van der Waals surface area contributed by atoms with Crippen molar-refractivity contribution in [2.75, 3.05) is 45.8 Å². The molecule has 6 heteroatoms. The molecule has 0 N–H and O–H groups in total. The van der Waals surface area contributed by atoms with Crippen molar-refractivity contribution in [2.45, 2.75) is 6.42 Å². The van der Waals surface area contributed by atoms with Crippen LogP contribution in [0, 0.1) is 0 Å². The first kappa shape index (κ1) is 17.4. The summed E-state index contributed by atoms with van der Waals surface area (Å²) in [5, 5.41) is 2.13. The number of imide groups is 1. The van der Waals surface area contributed by atoms with E-state index in [1.807, 2.05) is 23.5 Å². The average Bonchev–Trinajstić information content (AvgIpc) is 3.28. The van der Waals surface area contributed by atoms with E-state index < -0.39 is 0 Å². The summed E-state index contributed by atoms with van der Waals surface area (Å²) in [5.74, 6) is -0.305. The quantitative estimate of drug-likeness (QED) is 0.733. The number of rotatable bonds is 6. The van der Waals surface area contributed by atoms with Crippen LogP contribution in [0.5, 0.6) is 0 Å². The molecule has 0 spiro atoms. The van der Waals surface area contributed by atoms with Crippen LogP contribution in [0.4, 0.5) is 0 Å². The lowest BCUT2D eigenvalue weighted by molar-refractivity contribution is 0.0615. The minimum absolute atomic E-state index is 0.153. The normalized spacial score (nSPS) is 18.5. The summed E-state index contributed by atoms with van der Waals surface area (Å²) in [6, 6.07) is 11.4. The van der Waals surface area contributed by atoms with Gasteiger partial charge in [-0.1, -0.05) is 18.2 Å². The summed E-state index contributed by atoms with van der Waals surface area (Å²) in [4.78, 5) is 32.5. The van der Waals surface area contributed by atoms with Gasteiger partial charge >= 0.3 is 0 Å². The van der Waals surface area contributed by atoms with Crippen molar-refractivity contribution in [3.05, 3.63) is 57.8 Å². The van der Waals surface area contributed by atoms with Gasteiger partial charge in [-0.3, -0.25) is 19.4 Å². The van der Waals surface area contributed by atoms with Gasteiger partial charge in [0.1, 0.15) is 0 Å². The van der Waals surface area contributed by atoms with Gasteiger partial charge in [0.2, 0.25) is 0 Å². The van der Waals surface area contributed by atoms with E-state index in [0.29, 0.717) is 17.7 Å². The van der Waals surface area contributed by atoms with E-state index in [9.17, 15) is 9.59 Å². The predicted molar refractivity (Wildman–Crippen MR) is 103 cm³/mol. The number of piperazine rings is 1. The van der Waals surface area contributed by atoms with Crippen LogP contribution in [0.15, 0.2) is 41.8 Å². The zero-order valence-corrected chi connectivity index (χ0v) is 15.6. The second kappa shape index (κ2) is 7.70. The van der Waals surface area contributed by atoms with Gasteiger partial charge in [0.05, 0.1) is 11.1 Å². The van der Waals surface area contributed by atoms with E-state index in [4.69, 9.17) is 0 Å². The highest BCUT2D eigenvalue weighted by Gasteiger charge is 2.35. The molecule has 5 nitrogen and oxygen atoms in total. The summed E-state index contributed by atoms with van der Waals surface area (Å²) in [5.41, 5.74) is 1.08. The van der Waals surface area contributed by atoms with E-state index in [1.165, 1.54) is 9.78 Å². The Balaban J connectivity index is 1.23. The molecule has 2 aliphatic rings. The van der Waals surface area contributed by atoms with Crippen molar-refractivity contribution < 1.29 is 9.59 Å². The molecule has 0 saturated carbocycles. The third-order valence-corrected chi connectivity index (χ3v) is 6.17. The maximum absolute atomic E-state index is 12.4. The van der Waals surface area contributed by atoms with Gasteiger partial charge in [0.25, 0.3) is 11.8 Å². The third kappa shape index (κ3) is 3.58. The molecule has 0 bridgehead atoms. The molecular weight excluding hydrogens is 346 g/mol. The van der Waals surface area contributed by atoms with Crippen LogP contribution in [-0.4, -0.2) is 72.3 Å². The average molecular weight is 369 g/mol. The summed E-state index contributed by atoms with van der Waals surface area (Å²) in [6.45, 7) is 6.42. The zero-order valence-electron chi connectivity index (χ0n) is 14.8. The topological polar surface area (TPSA) is 43.9 Å². The van der Waals surface area contributed by atoms with E-state index in [2.05, 4.69) is 27.3 Å². The summed E-state index contributed by atoms with van der Waals surface area (Å²) < 4.78 is 0. The Morgan fingerprint density at radius 3 is 1.96 bits per heavy atom. The Labute approximate surface area is 157 Å². The number of carbonyl (C=O) groups is 2. The largest absolute Gasteiger partial charge is 0.300 e. The van der Waals surface area contributed by atoms with E-state index in [-0.39, 0.29) is 11.8 Å². The fourth-order valence-electron chi connectivity index (χ4n) is 3.64. The molecule has 2 aromatic rings. The molecule has 26 heavy (non-hydrogen) atoms. The number of hydrogen-bond acceptors (Lipinski definition) is 5. The van der Waals surface area contributed by atoms with Gasteiger partial charge in [-0.05, 0) is 30.0 Å². The Hall–Kier alpha value is -2.02. The van der Waals surface area contributed by atoms with Crippen LogP contribution < -0.4 is 0 Å². The predicted octanol–water partition coefficient (Wildman–Crippen LogP) is 2.20. The molecule has 0 unspecified atom stereocenters. The molecular formula is C20H23N3O2S. The van der Waals surface area contributed by atoms with Crippen molar-refractivity contribution in [3.63, 3.8) is 0 Å². The van der Waals surface area contributed by atoms with Crippen molar-refractivity contribution in [3.8, 4) is 0 Å². The molecule has 1 aromatic carbocycles. The molecule has 0 radical (unpaired) electrons. The summed E-state index contributed by atoms with van der Waals surface area (Å²) >= 11 is 1.82. The number of thiophene rings is 1. The van der Waals surface area contributed by atoms with Crippen molar-refractivity contribution in [2.24, 2.45) is 0 Å². The number of benzene rings is 1. The molecule has 3 heterocycles. The van der Waals surface area contributed by atoms with Gasteiger partial charge in [-0.25, -0.2) is 0 Å². The molecule has 136 valence electrons. The number of amides is 2. The van der Waals surface area contributed by atoms with Crippen LogP contribution in [0.25, 0.3) is 0 Å². The van der Waals surface area contributed by atoms with Crippen LogP contribution >= 0.6 is 11.3 Å². The Morgan fingerprint density at radius 2 is 1.38 bits per heavy atom. The van der Waals surface area contributed by atoms with E-state index in [0.717, 1.165) is 45.7 Å². The Kier molecular flexibility index (Phi) is 5.15. The highest BCUT2D eigenvalue weighted by atomic mass is 32.1. The van der Waals surface area contributed by atoms with Gasteiger partial charge in [-0.15, -0.1) is 11.3 Å². The van der Waals surface area contributed by atoms with E-state index >= 15 is 0 Å². The highest BCUT2D eigenvalue weighted by Crippen LogP contribution is 2.22. The molecule has 2 aliphatic heterocycles. The number of nitrogens with zero attached hydrogens (tertiary/aromatic N) is 3. The SMILES string of the molecule is O=C1c2ccccc2C(=O)N1CCN1CCN(CCc2cccs2)CC1. The summed E-state index contributed by atoms with van der Waals surface area (Å²) in [7, 11) is 0. The molecule has 0 atom stereocenters. The number of carbonyl (C=O) groups excluding carboxylic acids is 2. The standard InChI is InChI=1S/C20H23N3O2S/c24-19-17-5-1-2-6-18(17)20(25)23(19)14-13-22-11-9-21(10-12-22)8-7-16-4-3-15-26-16/h1-6,15H,7-14H2. The first-order valence-electron chi connectivity index (χ1n) is 9.15. The second-order valence-electron chi connectivity index (χ2n) is 6.82. The molecule has 0 aliphatic carbocycles. The number of fused-ring (bicyclic) bond motifs is 1. The van der Waals surface area contributed by atoms with Gasteiger partial charge < -0.3 is 4.90 Å². The fourth-order valence-corrected chi connectivity index (χ4v) is 4.34. The van der Waals surface area contributed by atoms with Crippen molar-refractivity contribution >= 4 is 23.2 Å². The lowest BCUT2D eigenvalue weighted by Crippen LogP contribution is -2.49. The second-order valence-corrected chi connectivity index (χ2v) is 7.85. The maximum Gasteiger partial charge on any atom is 0.261 e. The minimum atomic E-state index is -0.153. The van der Waals surface area contributed by atoms with Gasteiger partial charge in [0, 0.05) is 50.7 Å². The molecule has 2 amide bonds. The summed E-state index contributed by atoms with van der Waals surface area (Å²) in [6.07, 6.45) is 1.12. The zero-order chi connectivity index (χ0) is 17.9. The Morgan fingerprint density at radius 1 is 0.769 bits per heavy atom. The molecule has 1 aromatic heterocycles. The van der Waals surface area contributed by atoms with Crippen LogP contribution in [0.1, 0.15) is 25.6 Å². The van der Waals surface area contributed by atoms with Crippen LogP contribution in [0.3, 0.4) is 0 Å². The first-order valence-corrected chi connectivity index (χ1v) is 10.0. The monoisotopic (exact) mass is 369 g/mol. The van der Waals surface area contributed by atoms with Crippen LogP contribution in [0.2, 0.25) is 0 Å². The molecule has 1 fully saturated rings. The van der Waals surface area contributed by atoms with Gasteiger partial charge in [-0.2, -0.15) is 0 Å². The minimum Gasteiger partial charge on any atom is -0.300 e. The highest BCUT2D eigenvalue weighted by molar-refractivity contribution is 7.09. The lowest BCUT2D eigenvalue weighted by Gasteiger charge is -2.35. The van der Waals surface area contributed by atoms with E-state index in [1.54, 1.807) is 12.1 Å².